The van der Waals surface area contributed by atoms with E-state index in [1.165, 1.54) is 0 Å². The Balaban J connectivity index is 2.03. The Bertz CT molecular complexity index is 824. The van der Waals surface area contributed by atoms with Crippen molar-refractivity contribution in [3.63, 3.8) is 0 Å². The molecule has 0 radical (unpaired) electrons. The minimum atomic E-state index is 0.720. The maximum atomic E-state index is 5.84. The molecule has 0 spiro atoms. The molecule has 0 amide bonds. The highest BCUT2D eigenvalue weighted by molar-refractivity contribution is 6.13. The fourth-order valence-electron chi connectivity index (χ4n) is 2.42. The predicted octanol–water partition coefficient (Wildman–Crippen LogP) is 4.53. The molecule has 3 aromatic rings. The van der Waals surface area contributed by atoms with Crippen molar-refractivity contribution in [2.45, 2.75) is 6.92 Å². The number of nitrogens with zero attached hydrogens (tertiary/aromatic N) is 2. The molecule has 0 bridgehead atoms. The van der Waals surface area contributed by atoms with Gasteiger partial charge in [0.25, 0.3) is 0 Å². The second-order valence-corrected chi connectivity index (χ2v) is 5.49. The first-order valence-electron chi connectivity index (χ1n) is 7.83. The van der Waals surface area contributed by atoms with Crippen molar-refractivity contribution in [2.24, 2.45) is 10.2 Å². The summed E-state index contributed by atoms with van der Waals surface area (Å²) >= 11 is 0. The highest BCUT2D eigenvalue weighted by Crippen LogP contribution is 2.12. The van der Waals surface area contributed by atoms with E-state index in [0.717, 1.165) is 33.8 Å². The normalized spacial score (nSPS) is 11.1. The van der Waals surface area contributed by atoms with Crippen LogP contribution >= 0.6 is 0 Å². The lowest BCUT2D eigenvalue weighted by Crippen LogP contribution is -2.03. The van der Waals surface area contributed by atoms with E-state index in [2.05, 4.69) is 10.2 Å². The highest BCUT2D eigenvalue weighted by atomic mass is 15.2. The maximum Gasteiger partial charge on any atom is 0.100 e. The van der Waals surface area contributed by atoms with Crippen LogP contribution in [0.5, 0.6) is 0 Å². The third kappa shape index (κ3) is 3.76. The fourth-order valence-corrected chi connectivity index (χ4v) is 2.42. The molecule has 3 aromatic carbocycles. The smallest absolute Gasteiger partial charge is 0.100 e. The van der Waals surface area contributed by atoms with Crippen molar-refractivity contribution in [1.82, 2.24) is 0 Å². The molecule has 24 heavy (non-hydrogen) atoms. The Kier molecular flexibility index (Phi) is 4.82. The van der Waals surface area contributed by atoms with Crippen molar-refractivity contribution >= 4 is 17.1 Å². The van der Waals surface area contributed by atoms with Crippen molar-refractivity contribution in [3.8, 4) is 0 Å². The van der Waals surface area contributed by atoms with Gasteiger partial charge in [0.05, 0.1) is 5.71 Å². The van der Waals surface area contributed by atoms with Crippen molar-refractivity contribution in [1.29, 1.82) is 0 Å². The highest BCUT2D eigenvalue weighted by Gasteiger charge is 2.06. The number of anilines is 1. The summed E-state index contributed by atoms with van der Waals surface area (Å²) in [7, 11) is 0. The molecule has 0 fully saturated rings. The van der Waals surface area contributed by atoms with E-state index in [4.69, 9.17) is 5.73 Å². The average Bonchev–Trinajstić information content (AvgIpc) is 2.63. The van der Waals surface area contributed by atoms with Crippen LogP contribution in [-0.4, -0.2) is 11.4 Å². The van der Waals surface area contributed by atoms with Crippen LogP contribution in [0.1, 0.15) is 23.6 Å². The molecule has 3 heteroatoms. The number of benzene rings is 3. The minimum Gasteiger partial charge on any atom is -0.399 e. The van der Waals surface area contributed by atoms with Gasteiger partial charge in [-0.3, -0.25) is 0 Å². The lowest BCUT2D eigenvalue weighted by Gasteiger charge is -2.06. The summed E-state index contributed by atoms with van der Waals surface area (Å²) in [4.78, 5) is 0. The molecule has 0 aromatic heterocycles. The van der Waals surface area contributed by atoms with Crippen molar-refractivity contribution < 1.29 is 0 Å². The van der Waals surface area contributed by atoms with Crippen LogP contribution in [0.4, 0.5) is 5.69 Å². The number of hydrogen-bond donors (Lipinski definition) is 1. The Morgan fingerprint density at radius 3 is 1.75 bits per heavy atom. The third-order valence-corrected chi connectivity index (χ3v) is 3.70. The summed E-state index contributed by atoms with van der Waals surface area (Å²) in [5.41, 5.74) is 11.3. The van der Waals surface area contributed by atoms with Gasteiger partial charge in [-0.15, -0.1) is 5.10 Å². The van der Waals surface area contributed by atoms with Crippen molar-refractivity contribution in [2.75, 3.05) is 5.73 Å². The van der Waals surface area contributed by atoms with Crippen LogP contribution in [0.3, 0.4) is 0 Å². The molecule has 0 unspecified atom stereocenters. The van der Waals surface area contributed by atoms with Crippen LogP contribution in [0.2, 0.25) is 0 Å². The van der Waals surface area contributed by atoms with Gasteiger partial charge in [-0.05, 0) is 24.6 Å². The van der Waals surface area contributed by atoms with Crippen LogP contribution in [0, 0.1) is 0 Å². The molecule has 0 aliphatic carbocycles. The minimum absolute atomic E-state index is 0.720. The zero-order chi connectivity index (χ0) is 16.8. The average molecular weight is 313 g/mol. The summed E-state index contributed by atoms with van der Waals surface area (Å²) in [5, 5.41) is 8.97. The van der Waals surface area contributed by atoms with E-state index in [-0.39, 0.29) is 0 Å². The predicted molar refractivity (Wildman–Crippen MR) is 102 cm³/mol. The lowest BCUT2D eigenvalue weighted by atomic mass is 10.0. The summed E-state index contributed by atoms with van der Waals surface area (Å²) in [6, 6.07) is 27.8. The van der Waals surface area contributed by atoms with E-state index in [9.17, 15) is 0 Å². The Hall–Kier alpha value is -3.20. The number of nitrogen functional groups attached to an aromatic ring is 1. The van der Waals surface area contributed by atoms with E-state index in [1.807, 2.05) is 91.9 Å². The number of nitrogens with two attached hydrogens (primary N) is 1. The maximum absolute atomic E-state index is 5.84. The molecule has 0 heterocycles. The number of rotatable bonds is 4. The number of hydrogen-bond acceptors (Lipinski definition) is 3. The zero-order valence-corrected chi connectivity index (χ0v) is 13.6. The Labute approximate surface area is 142 Å². The van der Waals surface area contributed by atoms with Crippen molar-refractivity contribution in [3.05, 3.63) is 102 Å². The third-order valence-electron chi connectivity index (χ3n) is 3.70. The summed E-state index contributed by atoms with van der Waals surface area (Å²) < 4.78 is 0. The monoisotopic (exact) mass is 313 g/mol. The summed E-state index contributed by atoms with van der Waals surface area (Å²) in [6.07, 6.45) is 0. The molecule has 118 valence electrons. The Morgan fingerprint density at radius 2 is 1.21 bits per heavy atom. The fraction of sp³-hybridized carbons (Fsp3) is 0.0476. The van der Waals surface area contributed by atoms with Crippen LogP contribution in [0.15, 0.2) is 95.1 Å². The zero-order valence-electron chi connectivity index (χ0n) is 13.6. The largest absolute Gasteiger partial charge is 0.399 e. The molecule has 0 aliphatic heterocycles. The van der Waals surface area contributed by atoms with Gasteiger partial charge in [0.1, 0.15) is 5.71 Å². The molecular formula is C21H19N3. The first-order chi connectivity index (χ1) is 11.7. The molecule has 0 atom stereocenters. The molecule has 0 saturated heterocycles. The van der Waals surface area contributed by atoms with Gasteiger partial charge in [0.2, 0.25) is 0 Å². The quantitative estimate of drug-likeness (QED) is 0.429. The van der Waals surface area contributed by atoms with E-state index in [1.54, 1.807) is 0 Å². The molecular weight excluding hydrogens is 294 g/mol. The van der Waals surface area contributed by atoms with E-state index < -0.39 is 0 Å². The van der Waals surface area contributed by atoms with Gasteiger partial charge in [-0.25, -0.2) is 0 Å². The Morgan fingerprint density at radius 1 is 0.667 bits per heavy atom. The SMILES string of the molecule is C/C(=N\N=C(c1ccccc1)c1ccccc1)c1cccc(N)c1. The molecule has 3 nitrogen and oxygen atoms in total. The van der Waals surface area contributed by atoms with Gasteiger partial charge >= 0.3 is 0 Å². The standard InChI is InChI=1S/C21H19N3/c1-16(19-13-8-14-20(22)15-19)23-24-21(17-9-4-2-5-10-17)18-11-6-3-7-12-18/h2-15H,22H2,1H3/b23-16+. The lowest BCUT2D eigenvalue weighted by molar-refractivity contribution is 1.22. The van der Waals surface area contributed by atoms with Crippen LogP contribution in [0.25, 0.3) is 0 Å². The van der Waals surface area contributed by atoms with Gasteiger partial charge in [-0.2, -0.15) is 5.10 Å². The molecule has 0 saturated carbocycles. The van der Waals surface area contributed by atoms with Crippen LogP contribution in [-0.2, 0) is 0 Å². The second kappa shape index (κ2) is 7.38. The van der Waals surface area contributed by atoms with Gasteiger partial charge < -0.3 is 5.73 Å². The first-order valence-corrected chi connectivity index (χ1v) is 7.83. The van der Waals surface area contributed by atoms with E-state index >= 15 is 0 Å². The van der Waals surface area contributed by atoms with Gasteiger partial charge in [-0.1, -0.05) is 72.8 Å². The second-order valence-electron chi connectivity index (χ2n) is 5.49. The summed E-state index contributed by atoms with van der Waals surface area (Å²) in [5.74, 6) is 0. The molecule has 0 aliphatic rings. The first kappa shape index (κ1) is 15.7. The molecule has 3 rings (SSSR count). The summed E-state index contributed by atoms with van der Waals surface area (Å²) in [6.45, 7) is 1.94. The van der Waals surface area contributed by atoms with Gasteiger partial charge in [0, 0.05) is 16.8 Å². The van der Waals surface area contributed by atoms with Gasteiger partial charge in [0.15, 0.2) is 0 Å². The topological polar surface area (TPSA) is 50.7 Å². The van der Waals surface area contributed by atoms with Crippen LogP contribution < -0.4 is 5.73 Å². The van der Waals surface area contributed by atoms with E-state index in [0.29, 0.717) is 0 Å². The molecule has 2 N–H and O–H groups in total.